The van der Waals surface area contributed by atoms with Gasteiger partial charge in [0.05, 0.1) is 13.1 Å². The molecule has 0 amide bonds. The van der Waals surface area contributed by atoms with E-state index in [1.807, 2.05) is 0 Å². The predicted molar refractivity (Wildman–Crippen MR) is 112 cm³/mol. The Kier molecular flexibility index (Phi) is 5.51. The van der Waals surface area contributed by atoms with E-state index in [9.17, 15) is 5.02 Å². The topological polar surface area (TPSA) is 44.7 Å². The van der Waals surface area contributed by atoms with Gasteiger partial charge in [0.15, 0.2) is 0 Å². The fraction of sp³-hybridized carbons (Fsp3) is 0.636. The third-order valence-electron chi connectivity index (χ3n) is 6.87. The molecule has 4 unspecified atom stereocenters. The van der Waals surface area contributed by atoms with E-state index in [0.717, 1.165) is 37.7 Å². The molecule has 3 aliphatic rings. The van der Waals surface area contributed by atoms with Crippen LogP contribution in [0.2, 0.25) is 5.82 Å². The van der Waals surface area contributed by atoms with Gasteiger partial charge >= 0.3 is 0 Å². The van der Waals surface area contributed by atoms with Gasteiger partial charge in [-0.2, -0.15) is 0 Å². The predicted octanol–water partition coefficient (Wildman–Crippen LogP) is 2.83. The summed E-state index contributed by atoms with van der Waals surface area (Å²) >= 11 is 0. The second kappa shape index (κ2) is 7.88. The van der Waals surface area contributed by atoms with E-state index in [-0.39, 0.29) is 6.10 Å². The number of allylic oxidation sites excluding steroid dienone is 1. The molecule has 0 aromatic heterocycles. The third kappa shape index (κ3) is 4.04. The Hall–Kier alpha value is -1.46. The van der Waals surface area contributed by atoms with E-state index >= 15 is 0 Å². The normalized spacial score (nSPS) is 30.6. The molecular formula is C22H33BN2O2. The standard InChI is InChI=1S/C22H33BN2O2/c1-14-9-18(21-16(3)22(21)23-26)6-7-20(14)27-19-12-25(13-19)15(2)10-17-5-4-8-24-11-17/h6-7,9,16-17,19,21-24,26H,2,4-5,8,10-13H2,1,3H3. The number of benzene rings is 1. The molecule has 2 aliphatic heterocycles. The number of ether oxygens (including phenoxy) is 1. The number of likely N-dealkylation sites (tertiary alicyclic amines) is 1. The number of hydrogen-bond acceptors (Lipinski definition) is 4. The Bertz CT molecular complexity index is 683. The van der Waals surface area contributed by atoms with Gasteiger partial charge in [0.1, 0.15) is 11.9 Å². The van der Waals surface area contributed by atoms with Crippen LogP contribution < -0.4 is 10.1 Å². The van der Waals surface area contributed by atoms with Crippen LogP contribution in [0.1, 0.15) is 43.2 Å². The van der Waals surface area contributed by atoms with Crippen LogP contribution in [0.5, 0.6) is 5.75 Å². The average Bonchev–Trinajstić information content (AvgIpc) is 3.29. The molecule has 27 heavy (non-hydrogen) atoms. The van der Waals surface area contributed by atoms with E-state index in [1.165, 1.54) is 36.2 Å². The van der Waals surface area contributed by atoms with Gasteiger partial charge in [-0.1, -0.05) is 25.6 Å². The molecule has 2 saturated heterocycles. The molecule has 5 heteroatoms. The van der Waals surface area contributed by atoms with Crippen molar-refractivity contribution >= 4 is 7.48 Å². The summed E-state index contributed by atoms with van der Waals surface area (Å²) in [6.07, 6.45) is 3.99. The lowest BCUT2D eigenvalue weighted by Gasteiger charge is -2.43. The number of nitrogens with one attached hydrogen (secondary N) is 1. The molecule has 3 fully saturated rings. The SMILES string of the molecule is C=C(CC1CCCNC1)N1CC(Oc2ccc(C3C(C)C3BO)cc2C)C1. The van der Waals surface area contributed by atoms with Crippen molar-refractivity contribution < 1.29 is 9.76 Å². The first-order chi connectivity index (χ1) is 13.1. The molecule has 4 rings (SSSR count). The Balaban J connectivity index is 1.25. The molecule has 0 spiro atoms. The minimum Gasteiger partial charge on any atom is -0.486 e. The number of nitrogens with zero attached hydrogens (tertiary/aromatic N) is 1. The lowest BCUT2D eigenvalue weighted by molar-refractivity contribution is 0.0395. The molecule has 2 heterocycles. The first-order valence-corrected chi connectivity index (χ1v) is 10.6. The summed E-state index contributed by atoms with van der Waals surface area (Å²) in [7, 11) is 0.293. The Morgan fingerprint density at radius 2 is 2.22 bits per heavy atom. The Morgan fingerprint density at radius 3 is 2.85 bits per heavy atom. The van der Waals surface area contributed by atoms with Crippen molar-refractivity contribution in [1.82, 2.24) is 10.2 Å². The minimum absolute atomic E-state index is 0.265. The average molecular weight is 368 g/mol. The van der Waals surface area contributed by atoms with Crippen LogP contribution >= 0.6 is 0 Å². The number of rotatable bonds is 7. The Morgan fingerprint density at radius 1 is 1.41 bits per heavy atom. The fourth-order valence-electron chi connectivity index (χ4n) is 4.90. The Labute approximate surface area is 164 Å². The van der Waals surface area contributed by atoms with Crippen LogP contribution in [0.25, 0.3) is 0 Å². The first-order valence-electron chi connectivity index (χ1n) is 10.6. The molecule has 4 nitrogen and oxygen atoms in total. The van der Waals surface area contributed by atoms with Crippen molar-refractivity contribution in [2.24, 2.45) is 11.8 Å². The summed E-state index contributed by atoms with van der Waals surface area (Å²) in [5, 5.41) is 12.9. The third-order valence-corrected chi connectivity index (χ3v) is 6.87. The molecule has 1 saturated carbocycles. The molecule has 2 N–H and O–H groups in total. The number of aryl methyl sites for hydroxylation is 1. The molecule has 1 aliphatic carbocycles. The molecule has 146 valence electrons. The molecule has 1 aromatic carbocycles. The van der Waals surface area contributed by atoms with E-state index in [0.29, 0.717) is 25.1 Å². The maximum atomic E-state index is 9.42. The van der Waals surface area contributed by atoms with Crippen LogP contribution in [-0.4, -0.2) is 49.7 Å². The van der Waals surface area contributed by atoms with Crippen LogP contribution in [-0.2, 0) is 0 Å². The molecule has 1 aromatic rings. The van der Waals surface area contributed by atoms with E-state index in [1.54, 1.807) is 0 Å². The highest BCUT2D eigenvalue weighted by atomic mass is 16.5. The van der Waals surface area contributed by atoms with Crippen molar-refractivity contribution in [2.75, 3.05) is 26.2 Å². The summed E-state index contributed by atoms with van der Waals surface area (Å²) in [4.78, 5) is 2.38. The summed E-state index contributed by atoms with van der Waals surface area (Å²) in [5.74, 6) is 3.28. The lowest BCUT2D eigenvalue weighted by Crippen LogP contribution is -2.53. The fourth-order valence-corrected chi connectivity index (χ4v) is 4.90. The van der Waals surface area contributed by atoms with Gasteiger partial charge in [0, 0.05) is 5.70 Å². The van der Waals surface area contributed by atoms with Gasteiger partial charge in [-0.15, -0.1) is 0 Å². The van der Waals surface area contributed by atoms with E-state index < -0.39 is 0 Å². The molecule has 0 bridgehead atoms. The zero-order valence-corrected chi connectivity index (χ0v) is 16.8. The quantitative estimate of drug-likeness (QED) is 0.727. The highest BCUT2D eigenvalue weighted by Crippen LogP contribution is 2.58. The van der Waals surface area contributed by atoms with Crippen LogP contribution in [0.4, 0.5) is 0 Å². The van der Waals surface area contributed by atoms with Gasteiger partial charge in [0.25, 0.3) is 7.48 Å². The van der Waals surface area contributed by atoms with Crippen molar-refractivity contribution in [1.29, 1.82) is 0 Å². The van der Waals surface area contributed by atoms with Crippen LogP contribution in [0, 0.1) is 18.8 Å². The smallest absolute Gasteiger partial charge is 0.274 e. The molecule has 0 radical (unpaired) electrons. The van der Waals surface area contributed by atoms with Gasteiger partial charge in [-0.05, 0) is 80.0 Å². The highest BCUT2D eigenvalue weighted by molar-refractivity contribution is 6.30. The van der Waals surface area contributed by atoms with Crippen LogP contribution in [0.15, 0.2) is 30.5 Å². The zero-order valence-electron chi connectivity index (χ0n) is 16.8. The van der Waals surface area contributed by atoms with Gasteiger partial charge in [-0.25, -0.2) is 0 Å². The van der Waals surface area contributed by atoms with Gasteiger partial charge < -0.3 is 20.0 Å². The van der Waals surface area contributed by atoms with E-state index in [2.05, 4.69) is 48.8 Å². The monoisotopic (exact) mass is 368 g/mol. The number of hydrogen-bond donors (Lipinski definition) is 2. The first kappa shape index (κ1) is 18.9. The maximum absolute atomic E-state index is 9.42. The zero-order chi connectivity index (χ0) is 19.0. The second-order valence-corrected chi connectivity index (χ2v) is 8.88. The van der Waals surface area contributed by atoms with Gasteiger partial charge in [-0.3, -0.25) is 0 Å². The van der Waals surface area contributed by atoms with E-state index in [4.69, 9.17) is 4.74 Å². The van der Waals surface area contributed by atoms with Gasteiger partial charge in [0.2, 0.25) is 0 Å². The highest BCUT2D eigenvalue weighted by Gasteiger charge is 2.47. The van der Waals surface area contributed by atoms with Crippen LogP contribution in [0.3, 0.4) is 0 Å². The van der Waals surface area contributed by atoms with Crippen molar-refractivity contribution in [3.05, 3.63) is 41.6 Å². The van der Waals surface area contributed by atoms with Crippen molar-refractivity contribution in [2.45, 2.75) is 50.9 Å². The van der Waals surface area contributed by atoms with Crippen molar-refractivity contribution in [3.63, 3.8) is 0 Å². The minimum atomic E-state index is 0.265. The lowest BCUT2D eigenvalue weighted by atomic mass is 9.89. The van der Waals surface area contributed by atoms with Crippen molar-refractivity contribution in [3.8, 4) is 5.75 Å². The molecule has 4 atom stereocenters. The largest absolute Gasteiger partial charge is 0.486 e. The summed E-state index contributed by atoms with van der Waals surface area (Å²) in [6.45, 7) is 12.9. The molecular weight excluding hydrogens is 335 g/mol. The summed E-state index contributed by atoms with van der Waals surface area (Å²) in [6, 6.07) is 6.55. The summed E-state index contributed by atoms with van der Waals surface area (Å²) in [5.41, 5.74) is 3.82. The summed E-state index contributed by atoms with van der Waals surface area (Å²) < 4.78 is 6.24. The number of piperidine rings is 1. The maximum Gasteiger partial charge on any atom is 0.274 e. The second-order valence-electron chi connectivity index (χ2n) is 8.88.